The van der Waals surface area contributed by atoms with Gasteiger partial charge in [0, 0.05) is 35.9 Å². The van der Waals surface area contributed by atoms with E-state index >= 15 is 0 Å². The zero-order valence-electron chi connectivity index (χ0n) is 19.2. The molecule has 1 aromatic heterocycles. The second kappa shape index (κ2) is 8.53. The van der Waals surface area contributed by atoms with Crippen LogP contribution < -0.4 is 15.4 Å². The normalized spacial score (nSPS) is 19.8. The first-order chi connectivity index (χ1) is 16.6. The molecule has 1 saturated carbocycles. The van der Waals surface area contributed by atoms with E-state index in [0.717, 1.165) is 53.8 Å². The quantitative estimate of drug-likeness (QED) is 0.619. The van der Waals surface area contributed by atoms with Gasteiger partial charge in [0.25, 0.3) is 5.91 Å². The molecule has 0 spiro atoms. The summed E-state index contributed by atoms with van der Waals surface area (Å²) in [4.78, 5) is 19.8. The lowest BCUT2D eigenvalue weighted by Gasteiger charge is -2.38. The van der Waals surface area contributed by atoms with Crippen molar-refractivity contribution >= 4 is 11.6 Å². The summed E-state index contributed by atoms with van der Waals surface area (Å²) in [6.07, 6.45) is 4.87. The molecular formula is C28H29N3O3. The molecule has 0 atom stereocenters. The van der Waals surface area contributed by atoms with Gasteiger partial charge in [-0.25, -0.2) is 4.98 Å². The number of nitrogens with two attached hydrogens (primary N) is 1. The fourth-order valence-corrected chi connectivity index (χ4v) is 5.31. The van der Waals surface area contributed by atoms with Gasteiger partial charge in [-0.1, -0.05) is 54.6 Å². The third kappa shape index (κ3) is 3.67. The van der Waals surface area contributed by atoms with Crippen molar-refractivity contribution in [1.29, 1.82) is 0 Å². The van der Waals surface area contributed by atoms with Gasteiger partial charge in [-0.15, -0.1) is 0 Å². The van der Waals surface area contributed by atoms with Crippen molar-refractivity contribution in [2.45, 2.75) is 43.7 Å². The van der Waals surface area contributed by atoms with E-state index in [4.69, 9.17) is 20.2 Å². The number of nitrogens with zero attached hydrogens (tertiary/aromatic N) is 2. The van der Waals surface area contributed by atoms with Gasteiger partial charge in [-0.2, -0.15) is 0 Å². The summed E-state index contributed by atoms with van der Waals surface area (Å²) in [5.41, 5.74) is 12.2. The number of rotatable bonds is 4. The van der Waals surface area contributed by atoms with Gasteiger partial charge in [0.15, 0.2) is 6.61 Å². The Bertz CT molecular complexity index is 1200. The van der Waals surface area contributed by atoms with Gasteiger partial charge in [0.1, 0.15) is 5.69 Å². The molecule has 1 saturated heterocycles. The largest absolute Gasteiger partial charge is 0.466 e. The van der Waals surface area contributed by atoms with Gasteiger partial charge in [-0.05, 0) is 49.3 Å². The molecule has 6 heteroatoms. The molecule has 1 amide bonds. The minimum atomic E-state index is -0.197. The first-order valence-corrected chi connectivity index (χ1v) is 12.2. The number of carbonyl (C=O) groups is 1. The molecule has 0 unspecified atom stereocenters. The Morgan fingerprint density at radius 3 is 2.38 bits per heavy atom. The van der Waals surface area contributed by atoms with E-state index in [0.29, 0.717) is 19.1 Å². The standard InChI is InChI=1S/C28H29N3O3/c29-28(13-4-14-28)21-9-7-20(8-10-21)26-23(19-5-2-1-3-6-19)17-24-27(30-26)34-18-25(32)31(24)22-11-15-33-16-12-22/h1-3,5-10,17,22H,4,11-16,18,29H2. The maximum absolute atomic E-state index is 12.9. The van der Waals surface area contributed by atoms with Crippen LogP contribution in [0, 0.1) is 0 Å². The summed E-state index contributed by atoms with van der Waals surface area (Å²) in [5, 5.41) is 0. The summed E-state index contributed by atoms with van der Waals surface area (Å²) in [6, 6.07) is 20.8. The van der Waals surface area contributed by atoms with Crippen LogP contribution in [-0.4, -0.2) is 36.8 Å². The van der Waals surface area contributed by atoms with Crippen LogP contribution >= 0.6 is 0 Å². The predicted octanol–water partition coefficient (Wildman–Crippen LogP) is 4.66. The first kappa shape index (κ1) is 21.3. The van der Waals surface area contributed by atoms with Crippen LogP contribution in [0.15, 0.2) is 60.7 Å². The Balaban J connectivity index is 1.46. The maximum Gasteiger partial charge on any atom is 0.265 e. The molecule has 3 aromatic rings. The Labute approximate surface area is 199 Å². The highest BCUT2D eigenvalue weighted by Crippen LogP contribution is 2.43. The molecule has 2 N–H and O–H groups in total. The van der Waals surface area contributed by atoms with E-state index in [1.165, 1.54) is 12.0 Å². The summed E-state index contributed by atoms with van der Waals surface area (Å²) >= 11 is 0. The van der Waals surface area contributed by atoms with Crippen LogP contribution in [0.1, 0.15) is 37.7 Å². The number of anilines is 1. The predicted molar refractivity (Wildman–Crippen MR) is 132 cm³/mol. The van der Waals surface area contributed by atoms with Crippen LogP contribution in [-0.2, 0) is 15.1 Å². The van der Waals surface area contributed by atoms with Gasteiger partial charge in [-0.3, -0.25) is 4.79 Å². The van der Waals surface area contributed by atoms with E-state index in [2.05, 4.69) is 42.5 Å². The number of benzene rings is 2. The van der Waals surface area contributed by atoms with Gasteiger partial charge >= 0.3 is 0 Å². The van der Waals surface area contributed by atoms with Crippen LogP contribution in [0.3, 0.4) is 0 Å². The Kier molecular flexibility index (Phi) is 5.35. The highest BCUT2D eigenvalue weighted by Gasteiger charge is 2.36. The molecule has 34 heavy (non-hydrogen) atoms. The Morgan fingerprint density at radius 2 is 1.71 bits per heavy atom. The maximum atomic E-state index is 12.9. The lowest BCUT2D eigenvalue weighted by Crippen LogP contribution is -2.48. The minimum absolute atomic E-state index is 0.0100. The highest BCUT2D eigenvalue weighted by molar-refractivity contribution is 5.99. The monoisotopic (exact) mass is 455 g/mol. The van der Waals surface area contributed by atoms with E-state index < -0.39 is 0 Å². The zero-order chi connectivity index (χ0) is 23.1. The van der Waals surface area contributed by atoms with E-state index in [1.807, 2.05) is 23.1 Å². The number of hydrogen-bond donors (Lipinski definition) is 1. The number of fused-ring (bicyclic) bond motifs is 1. The lowest BCUT2D eigenvalue weighted by molar-refractivity contribution is -0.122. The zero-order valence-corrected chi connectivity index (χ0v) is 19.2. The van der Waals surface area contributed by atoms with Gasteiger partial charge in [0.05, 0.1) is 5.69 Å². The number of ether oxygens (including phenoxy) is 2. The van der Waals surface area contributed by atoms with Crippen molar-refractivity contribution < 1.29 is 14.3 Å². The molecular weight excluding hydrogens is 426 g/mol. The molecule has 3 heterocycles. The van der Waals surface area contributed by atoms with Crippen molar-refractivity contribution in [3.63, 3.8) is 0 Å². The number of amides is 1. The van der Waals surface area contributed by atoms with Crippen molar-refractivity contribution in [1.82, 2.24) is 4.98 Å². The van der Waals surface area contributed by atoms with E-state index in [-0.39, 0.29) is 24.1 Å². The van der Waals surface area contributed by atoms with Crippen molar-refractivity contribution in [2.75, 3.05) is 24.7 Å². The average Bonchev–Trinajstić information content (AvgIpc) is 2.87. The van der Waals surface area contributed by atoms with Crippen LogP contribution in [0.4, 0.5) is 5.69 Å². The third-order valence-corrected chi connectivity index (χ3v) is 7.45. The van der Waals surface area contributed by atoms with Gasteiger partial charge in [0.2, 0.25) is 5.88 Å². The topological polar surface area (TPSA) is 77.7 Å². The molecule has 2 aliphatic heterocycles. The molecule has 2 fully saturated rings. The van der Waals surface area contributed by atoms with Crippen molar-refractivity contribution in [3.8, 4) is 28.3 Å². The highest BCUT2D eigenvalue weighted by atomic mass is 16.5. The molecule has 3 aliphatic rings. The van der Waals surface area contributed by atoms with Crippen LogP contribution in [0.2, 0.25) is 0 Å². The smallest absolute Gasteiger partial charge is 0.265 e. The molecule has 0 radical (unpaired) electrons. The van der Waals surface area contributed by atoms with E-state index in [1.54, 1.807) is 0 Å². The van der Waals surface area contributed by atoms with Gasteiger partial charge < -0.3 is 20.1 Å². The Hall–Kier alpha value is -3.22. The number of hydrogen-bond acceptors (Lipinski definition) is 5. The average molecular weight is 456 g/mol. The summed E-state index contributed by atoms with van der Waals surface area (Å²) in [5.74, 6) is 0.491. The number of carbonyl (C=O) groups excluding carboxylic acids is 1. The fraction of sp³-hybridized carbons (Fsp3) is 0.357. The van der Waals surface area contributed by atoms with Crippen molar-refractivity contribution in [3.05, 3.63) is 66.2 Å². The SMILES string of the molecule is NC1(c2ccc(-c3nc4c(cc3-c3ccccc3)N(C3CCOCC3)C(=O)CO4)cc2)CCC1. The molecule has 6 nitrogen and oxygen atoms in total. The lowest BCUT2D eigenvalue weighted by atomic mass is 9.72. The van der Waals surface area contributed by atoms with Crippen LogP contribution in [0.25, 0.3) is 22.4 Å². The third-order valence-electron chi connectivity index (χ3n) is 7.45. The summed E-state index contributed by atoms with van der Waals surface area (Å²) in [6.45, 7) is 1.34. The summed E-state index contributed by atoms with van der Waals surface area (Å²) in [7, 11) is 0. The minimum Gasteiger partial charge on any atom is -0.466 e. The Morgan fingerprint density at radius 1 is 0.971 bits per heavy atom. The second-order valence-corrected chi connectivity index (χ2v) is 9.56. The first-order valence-electron chi connectivity index (χ1n) is 12.2. The number of pyridine rings is 1. The molecule has 1 aliphatic carbocycles. The summed E-state index contributed by atoms with van der Waals surface area (Å²) < 4.78 is 11.4. The van der Waals surface area contributed by atoms with Crippen LogP contribution in [0.5, 0.6) is 5.88 Å². The van der Waals surface area contributed by atoms with E-state index in [9.17, 15) is 4.79 Å². The molecule has 174 valence electrons. The fourth-order valence-electron chi connectivity index (χ4n) is 5.31. The molecule has 2 aromatic carbocycles. The number of aromatic nitrogens is 1. The molecule has 0 bridgehead atoms. The molecule has 6 rings (SSSR count). The van der Waals surface area contributed by atoms with Crippen molar-refractivity contribution in [2.24, 2.45) is 5.73 Å². The second-order valence-electron chi connectivity index (χ2n) is 9.56.